The molecular weight excluding hydrogens is 438 g/mol. The Bertz CT molecular complexity index is 1090. The first-order valence-electron chi connectivity index (χ1n) is 11.8. The molecule has 5 nitrogen and oxygen atoms in total. The highest BCUT2D eigenvalue weighted by Crippen LogP contribution is 2.26. The maximum absolute atomic E-state index is 12.7. The van der Waals surface area contributed by atoms with Gasteiger partial charge in [-0.2, -0.15) is 0 Å². The van der Waals surface area contributed by atoms with Crippen LogP contribution in [0.4, 0.5) is 0 Å². The van der Waals surface area contributed by atoms with Crippen LogP contribution in [0.25, 0.3) is 11.6 Å². The van der Waals surface area contributed by atoms with E-state index >= 15 is 0 Å². The fourth-order valence-electron chi connectivity index (χ4n) is 3.36. The van der Waals surface area contributed by atoms with Crippen LogP contribution in [0.1, 0.15) is 55.0 Å². The first-order chi connectivity index (χ1) is 16.9. The van der Waals surface area contributed by atoms with Gasteiger partial charge in [-0.15, -0.1) is 0 Å². The zero-order valence-electron chi connectivity index (χ0n) is 21.0. The number of rotatable bonds is 12. The van der Waals surface area contributed by atoms with Gasteiger partial charge in [0.1, 0.15) is 5.75 Å². The molecule has 5 heteroatoms. The molecule has 2 aromatic carbocycles. The molecule has 0 bridgehead atoms. The van der Waals surface area contributed by atoms with Crippen LogP contribution < -0.4 is 10.1 Å². The second-order valence-corrected chi connectivity index (χ2v) is 8.02. The van der Waals surface area contributed by atoms with Gasteiger partial charge in [0, 0.05) is 6.08 Å². The van der Waals surface area contributed by atoms with Crippen LogP contribution in [-0.4, -0.2) is 25.6 Å². The molecule has 0 heterocycles. The van der Waals surface area contributed by atoms with Crippen molar-refractivity contribution >= 4 is 23.5 Å². The molecule has 1 atom stereocenters. The zero-order chi connectivity index (χ0) is 25.6. The second kappa shape index (κ2) is 14.4. The summed E-state index contributed by atoms with van der Waals surface area (Å²) in [6, 6.07) is 13.0. The van der Waals surface area contributed by atoms with Gasteiger partial charge in [0.05, 0.1) is 26.2 Å². The predicted molar refractivity (Wildman–Crippen MR) is 143 cm³/mol. The minimum absolute atomic E-state index is 0.0178. The third kappa shape index (κ3) is 8.78. The number of ether oxygens (including phenoxy) is 2. The summed E-state index contributed by atoms with van der Waals surface area (Å²) in [6.45, 7) is 10.4. The number of allylic oxidation sites excluding steroid dienone is 5. The molecule has 0 aliphatic carbocycles. The van der Waals surface area contributed by atoms with E-state index in [-0.39, 0.29) is 12.3 Å². The summed E-state index contributed by atoms with van der Waals surface area (Å²) in [5, 5.41) is 2.92. The fraction of sp³-hybridized carbons (Fsp3) is 0.267. The lowest BCUT2D eigenvalue weighted by atomic mass is 10.0. The van der Waals surface area contributed by atoms with Crippen molar-refractivity contribution in [3.8, 4) is 5.75 Å². The molecule has 0 aromatic heterocycles. The van der Waals surface area contributed by atoms with E-state index < -0.39 is 12.0 Å². The van der Waals surface area contributed by atoms with Gasteiger partial charge in [-0.05, 0) is 60.2 Å². The molecule has 0 saturated carbocycles. The average molecular weight is 474 g/mol. The van der Waals surface area contributed by atoms with Gasteiger partial charge in [-0.3, -0.25) is 9.59 Å². The van der Waals surface area contributed by atoms with Crippen LogP contribution in [0, 0.1) is 6.92 Å². The second-order valence-electron chi connectivity index (χ2n) is 8.02. The Morgan fingerprint density at radius 3 is 2.51 bits per heavy atom. The molecule has 0 fully saturated rings. The van der Waals surface area contributed by atoms with E-state index in [9.17, 15) is 9.59 Å². The van der Waals surface area contributed by atoms with E-state index in [0.717, 1.165) is 40.0 Å². The van der Waals surface area contributed by atoms with Gasteiger partial charge in [-0.25, -0.2) is 0 Å². The normalized spacial score (nSPS) is 12.5. The van der Waals surface area contributed by atoms with Gasteiger partial charge >= 0.3 is 5.97 Å². The molecule has 1 unspecified atom stereocenters. The molecule has 35 heavy (non-hydrogen) atoms. The number of benzene rings is 2. The fourth-order valence-corrected chi connectivity index (χ4v) is 3.36. The minimum Gasteiger partial charge on any atom is -0.493 e. The molecule has 1 amide bonds. The molecular formula is C30H35NO4. The Morgan fingerprint density at radius 1 is 1.14 bits per heavy atom. The molecule has 0 spiro atoms. The standard InChI is InChI=1S/C30H35NO4/c1-6-9-10-24(8-3)25-16-12-23(13-17-25)14-18-29(32)31-27(21-30(33)34-5)26-15-11-22(4)28(20-26)35-19-7-2/h6,8-18,20,27H,3,7,19,21H2,1-2,4-5H3,(H,31,32)/b9-6-,18-14+,24-10+. The van der Waals surface area contributed by atoms with Crippen molar-refractivity contribution in [3.63, 3.8) is 0 Å². The Labute approximate surface area is 208 Å². The number of hydrogen-bond acceptors (Lipinski definition) is 4. The highest BCUT2D eigenvalue weighted by atomic mass is 16.5. The van der Waals surface area contributed by atoms with E-state index in [1.54, 1.807) is 6.08 Å². The quantitative estimate of drug-likeness (QED) is 0.221. The van der Waals surface area contributed by atoms with Crippen LogP contribution in [0.2, 0.25) is 0 Å². The van der Waals surface area contributed by atoms with Gasteiger partial charge in [0.15, 0.2) is 0 Å². The van der Waals surface area contributed by atoms with E-state index in [1.165, 1.54) is 13.2 Å². The summed E-state index contributed by atoms with van der Waals surface area (Å²) in [5.74, 6) is 0.0290. The number of hydrogen-bond donors (Lipinski definition) is 1. The summed E-state index contributed by atoms with van der Waals surface area (Å²) in [5.41, 5.74) is 4.71. The molecule has 0 radical (unpaired) electrons. The van der Waals surface area contributed by atoms with Crippen molar-refractivity contribution in [2.45, 2.75) is 39.7 Å². The largest absolute Gasteiger partial charge is 0.493 e. The first-order valence-corrected chi connectivity index (χ1v) is 11.8. The number of methoxy groups -OCH3 is 1. The molecule has 2 rings (SSSR count). The van der Waals surface area contributed by atoms with Crippen molar-refractivity contribution in [1.29, 1.82) is 0 Å². The van der Waals surface area contributed by atoms with Crippen molar-refractivity contribution in [3.05, 3.63) is 102 Å². The molecule has 2 aromatic rings. The third-order valence-electron chi connectivity index (χ3n) is 5.35. The average Bonchev–Trinajstić information content (AvgIpc) is 2.87. The summed E-state index contributed by atoms with van der Waals surface area (Å²) in [7, 11) is 1.33. The molecule has 184 valence electrons. The van der Waals surface area contributed by atoms with E-state index in [1.807, 2.05) is 87.5 Å². The zero-order valence-corrected chi connectivity index (χ0v) is 21.0. The minimum atomic E-state index is -0.543. The van der Waals surface area contributed by atoms with Crippen molar-refractivity contribution in [2.75, 3.05) is 13.7 Å². The maximum Gasteiger partial charge on any atom is 0.307 e. The van der Waals surface area contributed by atoms with Gasteiger partial charge in [-0.1, -0.05) is 74.2 Å². The highest BCUT2D eigenvalue weighted by molar-refractivity contribution is 5.92. The van der Waals surface area contributed by atoms with Gasteiger partial charge < -0.3 is 14.8 Å². The van der Waals surface area contributed by atoms with Gasteiger partial charge in [0.2, 0.25) is 5.91 Å². The van der Waals surface area contributed by atoms with Crippen molar-refractivity contribution in [2.24, 2.45) is 0 Å². The van der Waals surface area contributed by atoms with E-state index in [2.05, 4.69) is 11.9 Å². The number of carbonyl (C=O) groups is 2. The van der Waals surface area contributed by atoms with Crippen molar-refractivity contribution < 1.29 is 19.1 Å². The van der Waals surface area contributed by atoms with Crippen molar-refractivity contribution in [1.82, 2.24) is 5.32 Å². The molecule has 0 saturated heterocycles. The Morgan fingerprint density at radius 2 is 1.89 bits per heavy atom. The summed E-state index contributed by atoms with van der Waals surface area (Å²) in [6.07, 6.45) is 11.8. The lowest BCUT2D eigenvalue weighted by Gasteiger charge is -2.19. The number of amides is 1. The molecule has 0 aliphatic heterocycles. The summed E-state index contributed by atoms with van der Waals surface area (Å²) < 4.78 is 10.7. The predicted octanol–water partition coefficient (Wildman–Crippen LogP) is 6.36. The summed E-state index contributed by atoms with van der Waals surface area (Å²) in [4.78, 5) is 24.7. The van der Waals surface area contributed by atoms with Crippen LogP contribution in [0.5, 0.6) is 5.75 Å². The van der Waals surface area contributed by atoms with Crippen LogP contribution >= 0.6 is 0 Å². The first kappa shape index (κ1) is 27.4. The van der Waals surface area contributed by atoms with Crippen LogP contribution in [0.15, 0.2) is 79.4 Å². The monoisotopic (exact) mass is 473 g/mol. The molecule has 0 aliphatic rings. The Hall–Kier alpha value is -3.86. The number of nitrogens with one attached hydrogen (secondary N) is 1. The van der Waals surface area contributed by atoms with E-state index in [0.29, 0.717) is 6.61 Å². The highest BCUT2D eigenvalue weighted by Gasteiger charge is 2.19. The Balaban J connectivity index is 2.17. The number of aryl methyl sites for hydroxylation is 1. The molecule has 1 N–H and O–H groups in total. The smallest absolute Gasteiger partial charge is 0.307 e. The van der Waals surface area contributed by atoms with E-state index in [4.69, 9.17) is 9.47 Å². The maximum atomic E-state index is 12.7. The summed E-state index contributed by atoms with van der Waals surface area (Å²) >= 11 is 0. The van der Waals surface area contributed by atoms with Gasteiger partial charge in [0.25, 0.3) is 0 Å². The lowest BCUT2D eigenvalue weighted by Crippen LogP contribution is -2.29. The SMILES string of the molecule is C=C/C(=C\C=C/C)c1ccc(/C=C/C(=O)NC(CC(=O)OC)c2ccc(C)c(OCCC)c2)cc1. The van der Waals surface area contributed by atoms with Crippen LogP contribution in [0.3, 0.4) is 0 Å². The Kier molecular flexibility index (Phi) is 11.3. The third-order valence-corrected chi connectivity index (χ3v) is 5.35. The number of esters is 1. The number of carbonyl (C=O) groups excluding carboxylic acids is 2. The topological polar surface area (TPSA) is 64.6 Å². The van der Waals surface area contributed by atoms with Crippen LogP contribution in [-0.2, 0) is 14.3 Å². The lowest BCUT2D eigenvalue weighted by molar-refractivity contribution is -0.141.